The Balaban J connectivity index is 1.42. The number of hydrogen-bond donors (Lipinski definition) is 3. The van der Waals surface area contributed by atoms with Gasteiger partial charge in [0.2, 0.25) is 17.0 Å². The van der Waals surface area contributed by atoms with E-state index in [0.717, 1.165) is 32.7 Å². The minimum absolute atomic E-state index is 0.0282. The van der Waals surface area contributed by atoms with Crippen molar-refractivity contribution < 1.29 is 14.7 Å². The molecule has 2 amide bonds. The van der Waals surface area contributed by atoms with Crippen molar-refractivity contribution in [3.63, 3.8) is 0 Å². The molecule has 30 heavy (non-hydrogen) atoms. The fourth-order valence-electron chi connectivity index (χ4n) is 2.93. The summed E-state index contributed by atoms with van der Waals surface area (Å²) in [5.74, 6) is -0.833. The highest BCUT2D eigenvalue weighted by Gasteiger charge is 2.31. The Kier molecular flexibility index (Phi) is 5.69. The molecular formula is C20H16BrN5O3S. The van der Waals surface area contributed by atoms with E-state index in [4.69, 9.17) is 0 Å². The van der Waals surface area contributed by atoms with E-state index in [1.165, 1.54) is 0 Å². The fourth-order valence-corrected chi connectivity index (χ4v) is 4.07. The molecule has 1 aliphatic rings. The lowest BCUT2D eigenvalue weighted by molar-refractivity contribution is -0.121. The van der Waals surface area contributed by atoms with Crippen LogP contribution in [0.5, 0.6) is 5.88 Å². The van der Waals surface area contributed by atoms with Crippen LogP contribution in [0.2, 0.25) is 0 Å². The monoisotopic (exact) mass is 485 g/mol. The van der Waals surface area contributed by atoms with Crippen LogP contribution in [0.15, 0.2) is 62.2 Å². The number of fused-ring (bicyclic) bond motifs is 1. The van der Waals surface area contributed by atoms with Crippen LogP contribution in [-0.2, 0) is 9.59 Å². The summed E-state index contributed by atoms with van der Waals surface area (Å²) in [6.07, 6.45) is -0.0282. The van der Waals surface area contributed by atoms with Crippen LogP contribution in [0.4, 0.5) is 11.4 Å². The van der Waals surface area contributed by atoms with E-state index in [-0.39, 0.29) is 29.1 Å². The Morgan fingerprint density at radius 2 is 2.03 bits per heavy atom. The van der Waals surface area contributed by atoms with Gasteiger partial charge in [0, 0.05) is 22.0 Å². The Labute approximate surface area is 184 Å². The number of H-pyrrole nitrogens is 1. The zero-order valence-corrected chi connectivity index (χ0v) is 18.1. The third kappa shape index (κ3) is 4.44. The molecule has 1 atom stereocenters. The standard InChI is InChI=1S/C20H16BrN5O3S/c1-10-2-7-14-13(8-10)17(19(29)23-14)25-26-20-24-18(28)15(30-20)9-16(27)22-12-5-3-11(21)4-6-12/h2-8,15,23,29H,9H2,1H3,(H,22,27). The first-order valence-corrected chi connectivity index (χ1v) is 10.6. The molecule has 152 valence electrons. The molecule has 0 saturated carbocycles. The van der Waals surface area contributed by atoms with Crippen LogP contribution in [0.3, 0.4) is 0 Å². The number of aryl methyl sites for hydroxylation is 1. The van der Waals surface area contributed by atoms with Crippen LogP contribution in [0.25, 0.3) is 10.9 Å². The van der Waals surface area contributed by atoms with E-state index in [9.17, 15) is 14.7 Å². The summed E-state index contributed by atoms with van der Waals surface area (Å²) < 4.78 is 0.904. The molecule has 0 radical (unpaired) electrons. The predicted octanol–water partition coefficient (Wildman–Crippen LogP) is 5.05. The minimum Gasteiger partial charge on any atom is -0.493 e. The first-order chi connectivity index (χ1) is 14.4. The number of amides is 2. The Hall–Kier alpha value is -2.98. The molecule has 4 rings (SSSR count). The fraction of sp³-hybridized carbons (Fsp3) is 0.150. The van der Waals surface area contributed by atoms with E-state index in [1.807, 2.05) is 37.3 Å². The Bertz CT molecular complexity index is 1200. The van der Waals surface area contributed by atoms with E-state index in [1.54, 1.807) is 12.1 Å². The highest BCUT2D eigenvalue weighted by molar-refractivity contribution is 9.10. The van der Waals surface area contributed by atoms with Crippen molar-refractivity contribution in [1.29, 1.82) is 0 Å². The number of benzene rings is 2. The maximum Gasteiger partial charge on any atom is 0.262 e. The normalized spacial score (nSPS) is 16.4. The van der Waals surface area contributed by atoms with Crippen molar-refractivity contribution in [2.24, 2.45) is 15.2 Å². The van der Waals surface area contributed by atoms with Gasteiger partial charge in [-0.25, -0.2) is 0 Å². The molecule has 0 saturated heterocycles. The number of aromatic hydroxyl groups is 1. The van der Waals surface area contributed by atoms with E-state index in [0.29, 0.717) is 5.69 Å². The van der Waals surface area contributed by atoms with Gasteiger partial charge in [0.15, 0.2) is 5.69 Å². The van der Waals surface area contributed by atoms with Gasteiger partial charge in [0.05, 0.1) is 5.52 Å². The molecule has 0 bridgehead atoms. The SMILES string of the molecule is Cc1ccc2[nH]c(O)c(N=NC3=NC(=O)C(CC(=O)Nc4ccc(Br)cc4)S3)c2c1. The van der Waals surface area contributed by atoms with Gasteiger partial charge in [-0.1, -0.05) is 39.3 Å². The largest absolute Gasteiger partial charge is 0.493 e. The lowest BCUT2D eigenvalue weighted by atomic mass is 10.2. The van der Waals surface area contributed by atoms with Gasteiger partial charge >= 0.3 is 0 Å². The predicted molar refractivity (Wildman–Crippen MR) is 120 cm³/mol. The molecule has 2 heterocycles. The molecule has 0 fully saturated rings. The number of halogens is 1. The minimum atomic E-state index is -0.659. The van der Waals surface area contributed by atoms with Crippen molar-refractivity contribution in [2.45, 2.75) is 18.6 Å². The first kappa shape index (κ1) is 20.3. The molecule has 0 aliphatic carbocycles. The van der Waals surface area contributed by atoms with Crippen LogP contribution in [0, 0.1) is 6.92 Å². The molecule has 8 nitrogen and oxygen atoms in total. The molecule has 1 unspecified atom stereocenters. The van der Waals surface area contributed by atoms with Gasteiger partial charge in [-0.3, -0.25) is 9.59 Å². The van der Waals surface area contributed by atoms with Gasteiger partial charge in [-0.15, -0.1) is 10.2 Å². The second-order valence-electron chi connectivity index (χ2n) is 6.67. The summed E-state index contributed by atoms with van der Waals surface area (Å²) in [7, 11) is 0. The zero-order valence-electron chi connectivity index (χ0n) is 15.7. The third-order valence-electron chi connectivity index (χ3n) is 4.37. The second kappa shape index (κ2) is 8.41. The first-order valence-electron chi connectivity index (χ1n) is 8.96. The second-order valence-corrected chi connectivity index (χ2v) is 8.76. The topological polar surface area (TPSA) is 119 Å². The summed E-state index contributed by atoms with van der Waals surface area (Å²) in [5, 5.41) is 21.2. The maximum absolute atomic E-state index is 12.2. The molecule has 3 N–H and O–H groups in total. The molecule has 0 spiro atoms. The van der Waals surface area contributed by atoms with Gasteiger partial charge in [0.1, 0.15) is 5.25 Å². The number of nitrogens with zero attached hydrogens (tertiary/aromatic N) is 3. The number of azo groups is 1. The number of aromatic amines is 1. The highest BCUT2D eigenvalue weighted by Crippen LogP contribution is 2.36. The quantitative estimate of drug-likeness (QED) is 0.447. The lowest BCUT2D eigenvalue weighted by Gasteiger charge is -2.07. The summed E-state index contributed by atoms with van der Waals surface area (Å²) in [4.78, 5) is 31.1. The van der Waals surface area contributed by atoms with Crippen molar-refractivity contribution in [1.82, 2.24) is 4.98 Å². The van der Waals surface area contributed by atoms with Gasteiger partial charge < -0.3 is 15.4 Å². The zero-order chi connectivity index (χ0) is 21.3. The number of carbonyl (C=O) groups excluding carboxylic acids is 2. The van der Waals surface area contributed by atoms with Crippen molar-refractivity contribution in [3.8, 4) is 5.88 Å². The number of aliphatic imine (C=N–C) groups is 1. The molecule has 1 aromatic heterocycles. The number of hydrogen-bond acceptors (Lipinski definition) is 6. The Morgan fingerprint density at radius 1 is 1.27 bits per heavy atom. The summed E-state index contributed by atoms with van der Waals surface area (Å²) in [5.41, 5.74) is 2.66. The van der Waals surface area contributed by atoms with Gasteiger partial charge in [-0.05, 0) is 43.3 Å². The molecule has 1 aliphatic heterocycles. The van der Waals surface area contributed by atoms with Crippen LogP contribution in [-0.4, -0.2) is 32.3 Å². The molecule has 2 aromatic carbocycles. The van der Waals surface area contributed by atoms with Crippen LogP contribution >= 0.6 is 27.7 Å². The highest BCUT2D eigenvalue weighted by atomic mass is 79.9. The van der Waals surface area contributed by atoms with E-state index < -0.39 is 11.2 Å². The van der Waals surface area contributed by atoms with E-state index in [2.05, 4.69) is 41.5 Å². The van der Waals surface area contributed by atoms with Crippen molar-refractivity contribution >= 4 is 67.0 Å². The average Bonchev–Trinajstić information content (AvgIpc) is 3.20. The van der Waals surface area contributed by atoms with Crippen molar-refractivity contribution in [2.75, 3.05) is 5.32 Å². The summed E-state index contributed by atoms with van der Waals surface area (Å²) >= 11 is 4.41. The Morgan fingerprint density at radius 3 is 2.80 bits per heavy atom. The summed E-state index contributed by atoms with van der Waals surface area (Å²) in [6.45, 7) is 1.93. The number of amidine groups is 1. The summed E-state index contributed by atoms with van der Waals surface area (Å²) in [6, 6.07) is 12.8. The number of thioether (sulfide) groups is 1. The number of anilines is 1. The number of nitrogens with one attached hydrogen (secondary N) is 2. The van der Waals surface area contributed by atoms with Crippen molar-refractivity contribution in [3.05, 3.63) is 52.5 Å². The maximum atomic E-state index is 12.2. The molecule has 10 heteroatoms. The van der Waals surface area contributed by atoms with Crippen LogP contribution < -0.4 is 5.32 Å². The average molecular weight is 486 g/mol. The van der Waals surface area contributed by atoms with Crippen LogP contribution in [0.1, 0.15) is 12.0 Å². The molecule has 3 aromatic rings. The smallest absolute Gasteiger partial charge is 0.262 e. The number of rotatable bonds is 4. The van der Waals surface area contributed by atoms with Gasteiger partial charge in [-0.2, -0.15) is 4.99 Å². The molecular weight excluding hydrogens is 470 g/mol. The van der Waals surface area contributed by atoms with Gasteiger partial charge in [0.25, 0.3) is 5.91 Å². The number of aromatic nitrogens is 1. The number of carbonyl (C=O) groups is 2. The lowest BCUT2D eigenvalue weighted by Crippen LogP contribution is -2.21. The third-order valence-corrected chi connectivity index (χ3v) is 5.94. The van der Waals surface area contributed by atoms with E-state index >= 15 is 0 Å².